The first-order valence-electron chi connectivity index (χ1n) is 7.98. The molecule has 0 saturated carbocycles. The maximum atomic E-state index is 11.4. The van der Waals surface area contributed by atoms with Gasteiger partial charge in [0.1, 0.15) is 6.10 Å². The predicted molar refractivity (Wildman–Crippen MR) is 84.4 cm³/mol. The maximum absolute atomic E-state index is 11.4. The van der Waals surface area contributed by atoms with Crippen molar-refractivity contribution in [2.45, 2.75) is 83.6 Å². The van der Waals surface area contributed by atoms with E-state index in [1.165, 1.54) is 32.6 Å². The summed E-state index contributed by atoms with van der Waals surface area (Å²) in [7, 11) is 0. The van der Waals surface area contributed by atoms with Crippen LogP contribution in [0.1, 0.15) is 72.1 Å². The van der Waals surface area contributed by atoms with Crippen molar-refractivity contribution in [1.29, 1.82) is 0 Å². The Morgan fingerprint density at radius 3 is 2.24 bits per heavy atom. The van der Waals surface area contributed by atoms with Gasteiger partial charge in [0.15, 0.2) is 0 Å². The van der Waals surface area contributed by atoms with Gasteiger partial charge in [0.05, 0.1) is 18.4 Å². The molecule has 0 saturated heterocycles. The molecule has 4 nitrogen and oxygen atoms in total. The minimum Gasteiger partial charge on any atom is -0.466 e. The van der Waals surface area contributed by atoms with Crippen LogP contribution >= 0.6 is 11.6 Å². The second kappa shape index (κ2) is 12.9. The van der Waals surface area contributed by atoms with Gasteiger partial charge in [0.25, 0.3) is 0 Å². The highest BCUT2D eigenvalue weighted by atomic mass is 35.5. The molecule has 0 aliphatic carbocycles. The molecule has 0 spiro atoms. The highest BCUT2D eigenvalue weighted by molar-refractivity contribution is 6.22. The summed E-state index contributed by atoms with van der Waals surface area (Å²) in [6, 6.07) is 0. The first kappa shape index (κ1) is 20.2. The molecule has 0 aliphatic rings. The molecule has 0 aromatic rings. The average molecular weight is 321 g/mol. The molecule has 0 bridgehead atoms. The Balaban J connectivity index is 4.11. The topological polar surface area (TPSA) is 52.6 Å². The van der Waals surface area contributed by atoms with Crippen molar-refractivity contribution >= 4 is 23.5 Å². The number of hydrogen-bond acceptors (Lipinski definition) is 4. The lowest BCUT2D eigenvalue weighted by Gasteiger charge is -2.21. The minimum atomic E-state index is -0.524. The Morgan fingerprint density at radius 2 is 1.67 bits per heavy atom. The number of esters is 2. The molecule has 0 amide bonds. The SMILES string of the molecule is CCCCCCCCC(OC(C)=O)C(Cl)CC(=O)OCC. The zero-order chi connectivity index (χ0) is 16.1. The number of carbonyl (C=O) groups excluding carboxylic acids is 2. The first-order valence-corrected chi connectivity index (χ1v) is 8.41. The van der Waals surface area contributed by atoms with Gasteiger partial charge < -0.3 is 9.47 Å². The Hall–Kier alpha value is -0.770. The minimum absolute atomic E-state index is 0.0726. The number of hydrogen-bond donors (Lipinski definition) is 0. The number of ether oxygens (including phenoxy) is 2. The van der Waals surface area contributed by atoms with Crippen molar-refractivity contribution in [3.05, 3.63) is 0 Å². The molecule has 21 heavy (non-hydrogen) atoms. The molecule has 0 aliphatic heterocycles. The van der Waals surface area contributed by atoms with E-state index >= 15 is 0 Å². The molecule has 0 aromatic heterocycles. The fraction of sp³-hybridized carbons (Fsp3) is 0.875. The summed E-state index contributed by atoms with van der Waals surface area (Å²) in [6.07, 6.45) is 7.30. The molecular formula is C16H29ClO4. The molecule has 0 radical (unpaired) electrons. The van der Waals surface area contributed by atoms with Crippen LogP contribution in [-0.4, -0.2) is 30.0 Å². The van der Waals surface area contributed by atoms with E-state index in [0.717, 1.165) is 12.8 Å². The molecule has 2 unspecified atom stereocenters. The standard InChI is InChI=1S/C16H29ClO4/c1-4-6-7-8-9-10-11-15(21-13(3)18)14(17)12-16(19)20-5-2/h14-15H,4-12H2,1-3H3. The van der Waals surface area contributed by atoms with Crippen LogP contribution in [0.5, 0.6) is 0 Å². The van der Waals surface area contributed by atoms with Crippen LogP contribution in [0.4, 0.5) is 0 Å². The Kier molecular flexibility index (Phi) is 12.5. The van der Waals surface area contributed by atoms with Crippen LogP contribution in [0.3, 0.4) is 0 Å². The van der Waals surface area contributed by atoms with Crippen LogP contribution in [0, 0.1) is 0 Å². The summed E-state index contributed by atoms with van der Waals surface area (Å²) in [6.45, 7) is 5.63. The lowest BCUT2D eigenvalue weighted by atomic mass is 10.0. The third-order valence-electron chi connectivity index (χ3n) is 3.23. The monoisotopic (exact) mass is 320 g/mol. The van der Waals surface area contributed by atoms with Gasteiger partial charge >= 0.3 is 11.9 Å². The second-order valence-electron chi connectivity index (χ2n) is 5.23. The molecular weight excluding hydrogens is 292 g/mol. The summed E-state index contributed by atoms with van der Waals surface area (Å²) < 4.78 is 10.1. The number of alkyl halides is 1. The van der Waals surface area contributed by atoms with E-state index in [1.807, 2.05) is 0 Å². The highest BCUT2D eigenvalue weighted by Gasteiger charge is 2.25. The fourth-order valence-corrected chi connectivity index (χ4v) is 2.47. The van der Waals surface area contributed by atoms with Crippen LogP contribution in [0.25, 0.3) is 0 Å². The van der Waals surface area contributed by atoms with Crippen LogP contribution < -0.4 is 0 Å². The van der Waals surface area contributed by atoms with Gasteiger partial charge in [-0.25, -0.2) is 0 Å². The smallest absolute Gasteiger partial charge is 0.307 e. The summed E-state index contributed by atoms with van der Waals surface area (Å²) in [5.74, 6) is -0.710. The van der Waals surface area contributed by atoms with E-state index in [1.54, 1.807) is 6.92 Å². The van der Waals surface area contributed by atoms with Crippen LogP contribution in [-0.2, 0) is 19.1 Å². The number of unbranched alkanes of at least 4 members (excludes halogenated alkanes) is 5. The lowest BCUT2D eigenvalue weighted by Crippen LogP contribution is -2.29. The largest absolute Gasteiger partial charge is 0.466 e. The molecule has 0 N–H and O–H groups in total. The summed E-state index contributed by atoms with van der Waals surface area (Å²) in [5, 5.41) is -0.524. The zero-order valence-corrected chi connectivity index (χ0v) is 14.3. The molecule has 0 aromatic carbocycles. The Labute approximate surface area is 133 Å². The number of carbonyl (C=O) groups is 2. The molecule has 0 fully saturated rings. The van der Waals surface area contributed by atoms with Crippen molar-refractivity contribution < 1.29 is 19.1 Å². The molecule has 2 atom stereocenters. The second-order valence-corrected chi connectivity index (χ2v) is 5.79. The predicted octanol–water partition coefficient (Wildman–Crippen LogP) is 4.23. The van der Waals surface area contributed by atoms with E-state index < -0.39 is 11.5 Å². The molecule has 124 valence electrons. The van der Waals surface area contributed by atoms with Gasteiger partial charge in [-0.1, -0.05) is 39.0 Å². The van der Waals surface area contributed by atoms with Crippen molar-refractivity contribution in [3.8, 4) is 0 Å². The van der Waals surface area contributed by atoms with Gasteiger partial charge in [-0.3, -0.25) is 9.59 Å². The quantitative estimate of drug-likeness (QED) is 0.307. The van der Waals surface area contributed by atoms with Crippen LogP contribution in [0.15, 0.2) is 0 Å². The fourth-order valence-electron chi connectivity index (χ4n) is 2.16. The molecule has 0 heterocycles. The van der Waals surface area contributed by atoms with Crippen molar-refractivity contribution in [1.82, 2.24) is 0 Å². The van der Waals surface area contributed by atoms with E-state index in [9.17, 15) is 9.59 Å². The molecule has 5 heteroatoms. The number of halogens is 1. The highest BCUT2D eigenvalue weighted by Crippen LogP contribution is 2.19. The number of rotatable bonds is 12. The first-order chi connectivity index (χ1) is 10.0. The van der Waals surface area contributed by atoms with Crippen molar-refractivity contribution in [2.24, 2.45) is 0 Å². The van der Waals surface area contributed by atoms with E-state index in [0.29, 0.717) is 13.0 Å². The zero-order valence-electron chi connectivity index (χ0n) is 13.5. The van der Waals surface area contributed by atoms with E-state index in [2.05, 4.69) is 6.92 Å². The van der Waals surface area contributed by atoms with Crippen molar-refractivity contribution in [3.63, 3.8) is 0 Å². The van der Waals surface area contributed by atoms with Gasteiger partial charge in [-0.15, -0.1) is 11.6 Å². The van der Waals surface area contributed by atoms with Gasteiger partial charge in [-0.2, -0.15) is 0 Å². The Morgan fingerprint density at radius 1 is 1.05 bits per heavy atom. The van der Waals surface area contributed by atoms with Crippen molar-refractivity contribution in [2.75, 3.05) is 6.61 Å². The van der Waals surface area contributed by atoms with E-state index in [-0.39, 0.29) is 18.4 Å². The van der Waals surface area contributed by atoms with Gasteiger partial charge in [0, 0.05) is 6.92 Å². The maximum Gasteiger partial charge on any atom is 0.307 e. The Bertz CT molecular complexity index is 294. The summed E-state index contributed by atoms with van der Waals surface area (Å²) >= 11 is 6.21. The molecule has 0 rings (SSSR count). The van der Waals surface area contributed by atoms with Gasteiger partial charge in [-0.05, 0) is 19.8 Å². The van der Waals surface area contributed by atoms with Gasteiger partial charge in [0.2, 0.25) is 0 Å². The third-order valence-corrected chi connectivity index (χ3v) is 3.67. The average Bonchev–Trinajstić information content (AvgIpc) is 2.41. The lowest BCUT2D eigenvalue weighted by molar-refractivity contribution is -0.150. The van der Waals surface area contributed by atoms with Crippen LogP contribution in [0.2, 0.25) is 0 Å². The summed E-state index contributed by atoms with van der Waals surface area (Å²) in [4.78, 5) is 22.6. The summed E-state index contributed by atoms with van der Waals surface area (Å²) in [5.41, 5.74) is 0. The third kappa shape index (κ3) is 11.6. The van der Waals surface area contributed by atoms with E-state index in [4.69, 9.17) is 21.1 Å². The normalized spacial score (nSPS) is 13.5.